The SMILES string of the molecule is CCCCCCCCCCCCCCCCOC(=O)CCSCCCC(=N)NCCCCCCCCCC. The van der Waals surface area contributed by atoms with Gasteiger partial charge in [0.25, 0.3) is 0 Å². The van der Waals surface area contributed by atoms with Gasteiger partial charge in [-0.1, -0.05) is 142 Å². The van der Waals surface area contributed by atoms with Gasteiger partial charge in [-0.2, -0.15) is 11.8 Å². The number of hydrogen-bond acceptors (Lipinski definition) is 4. The monoisotopic (exact) mass is 554 g/mol. The van der Waals surface area contributed by atoms with Crippen molar-refractivity contribution in [3.05, 3.63) is 0 Å². The van der Waals surface area contributed by atoms with Gasteiger partial charge in [-0.25, -0.2) is 0 Å². The zero-order chi connectivity index (χ0) is 27.8. The summed E-state index contributed by atoms with van der Waals surface area (Å²) in [6.07, 6.45) is 31.7. The maximum atomic E-state index is 11.9. The molecule has 0 radical (unpaired) electrons. The van der Waals surface area contributed by atoms with E-state index in [1.165, 1.54) is 135 Å². The van der Waals surface area contributed by atoms with E-state index in [-0.39, 0.29) is 5.97 Å². The fraction of sp³-hybridized carbons (Fsp3) is 0.939. The third kappa shape index (κ3) is 31.5. The molecule has 0 amide bonds. The second-order valence-electron chi connectivity index (χ2n) is 11.2. The molecule has 38 heavy (non-hydrogen) atoms. The first-order valence-corrected chi connectivity index (χ1v) is 17.9. The van der Waals surface area contributed by atoms with Crippen molar-refractivity contribution < 1.29 is 9.53 Å². The van der Waals surface area contributed by atoms with Crippen LogP contribution < -0.4 is 5.32 Å². The average Bonchev–Trinajstić information content (AvgIpc) is 2.91. The van der Waals surface area contributed by atoms with Crippen molar-refractivity contribution in [2.45, 2.75) is 174 Å². The lowest BCUT2D eigenvalue weighted by Gasteiger charge is -2.08. The molecule has 0 aliphatic rings. The van der Waals surface area contributed by atoms with E-state index >= 15 is 0 Å². The number of ether oxygens (including phenoxy) is 1. The molecule has 0 aliphatic carbocycles. The maximum absolute atomic E-state index is 11.9. The van der Waals surface area contributed by atoms with Gasteiger partial charge in [-0.3, -0.25) is 10.2 Å². The third-order valence-corrected chi connectivity index (χ3v) is 8.37. The molecule has 4 nitrogen and oxygen atoms in total. The maximum Gasteiger partial charge on any atom is 0.306 e. The van der Waals surface area contributed by atoms with E-state index in [9.17, 15) is 4.79 Å². The second kappa shape index (κ2) is 32.5. The Labute approximate surface area is 242 Å². The van der Waals surface area contributed by atoms with Crippen LogP contribution in [0.25, 0.3) is 0 Å². The van der Waals surface area contributed by atoms with Crippen LogP contribution >= 0.6 is 11.8 Å². The summed E-state index contributed by atoms with van der Waals surface area (Å²) in [5.74, 6) is 2.46. The predicted octanol–water partition coefficient (Wildman–Crippen LogP) is 10.6. The Balaban J connectivity index is 3.25. The minimum atomic E-state index is -0.0491. The zero-order valence-electron chi connectivity index (χ0n) is 25.7. The van der Waals surface area contributed by atoms with E-state index < -0.39 is 0 Å². The smallest absolute Gasteiger partial charge is 0.306 e. The van der Waals surface area contributed by atoms with E-state index in [0.29, 0.717) is 18.9 Å². The lowest BCUT2D eigenvalue weighted by molar-refractivity contribution is -0.143. The van der Waals surface area contributed by atoms with Crippen molar-refractivity contribution >= 4 is 23.6 Å². The number of amidine groups is 1. The number of carbonyl (C=O) groups excluding carboxylic acids is 1. The molecule has 0 fully saturated rings. The fourth-order valence-electron chi connectivity index (χ4n) is 4.75. The van der Waals surface area contributed by atoms with Crippen molar-refractivity contribution in [2.75, 3.05) is 24.7 Å². The van der Waals surface area contributed by atoms with Crippen molar-refractivity contribution in [1.29, 1.82) is 5.41 Å². The van der Waals surface area contributed by atoms with Gasteiger partial charge >= 0.3 is 5.97 Å². The lowest BCUT2D eigenvalue weighted by Crippen LogP contribution is -2.23. The predicted molar refractivity (Wildman–Crippen MR) is 171 cm³/mol. The van der Waals surface area contributed by atoms with Gasteiger partial charge in [-0.15, -0.1) is 0 Å². The summed E-state index contributed by atoms with van der Waals surface area (Å²) in [5.41, 5.74) is 0. The van der Waals surface area contributed by atoms with Crippen LogP contribution in [0.4, 0.5) is 0 Å². The van der Waals surface area contributed by atoms with Gasteiger partial charge in [0.05, 0.1) is 18.9 Å². The summed E-state index contributed by atoms with van der Waals surface area (Å²) >= 11 is 1.81. The molecule has 0 aromatic heterocycles. The van der Waals surface area contributed by atoms with Gasteiger partial charge in [-0.05, 0) is 25.0 Å². The minimum absolute atomic E-state index is 0.0491. The summed E-state index contributed by atoms with van der Waals surface area (Å²) in [6, 6.07) is 0. The van der Waals surface area contributed by atoms with Crippen LogP contribution in [0.2, 0.25) is 0 Å². The first kappa shape index (κ1) is 37.3. The molecule has 0 spiro atoms. The number of carbonyl (C=O) groups is 1. The molecule has 0 unspecified atom stereocenters. The molecule has 0 atom stereocenters. The molecular weight excluding hydrogens is 488 g/mol. The number of unbranched alkanes of at least 4 members (excludes halogenated alkanes) is 20. The number of thioether (sulfide) groups is 1. The highest BCUT2D eigenvalue weighted by Crippen LogP contribution is 2.13. The Morgan fingerprint density at radius 2 is 1.03 bits per heavy atom. The highest BCUT2D eigenvalue weighted by Gasteiger charge is 2.03. The molecule has 5 heteroatoms. The Hall–Kier alpha value is -0.710. The minimum Gasteiger partial charge on any atom is -0.466 e. The molecule has 0 aromatic rings. The zero-order valence-corrected chi connectivity index (χ0v) is 26.5. The molecular formula is C33H66N2O2S. The molecule has 226 valence electrons. The molecule has 0 bridgehead atoms. The molecule has 2 N–H and O–H groups in total. The van der Waals surface area contributed by atoms with E-state index in [2.05, 4.69) is 19.2 Å². The summed E-state index contributed by atoms with van der Waals surface area (Å²) in [4.78, 5) is 11.9. The first-order valence-electron chi connectivity index (χ1n) is 16.7. The van der Waals surface area contributed by atoms with Gasteiger partial charge in [0.15, 0.2) is 0 Å². The summed E-state index contributed by atoms with van der Waals surface area (Å²) in [7, 11) is 0. The quantitative estimate of drug-likeness (QED) is 0.0387. The molecule has 0 saturated heterocycles. The topological polar surface area (TPSA) is 62.2 Å². The first-order chi connectivity index (χ1) is 18.7. The molecule has 0 rings (SSSR count). The highest BCUT2D eigenvalue weighted by atomic mass is 32.2. The third-order valence-electron chi connectivity index (χ3n) is 7.30. The van der Waals surface area contributed by atoms with Gasteiger partial charge in [0.2, 0.25) is 0 Å². The van der Waals surface area contributed by atoms with Crippen molar-refractivity contribution in [1.82, 2.24) is 5.32 Å². The number of esters is 1. The molecule has 0 heterocycles. The normalized spacial score (nSPS) is 11.1. The Kier molecular flexibility index (Phi) is 31.9. The van der Waals surface area contributed by atoms with Gasteiger partial charge in [0.1, 0.15) is 0 Å². The molecule has 0 saturated carbocycles. The van der Waals surface area contributed by atoms with Crippen LogP contribution in [-0.4, -0.2) is 36.5 Å². The van der Waals surface area contributed by atoms with E-state index in [1.54, 1.807) is 11.8 Å². The largest absolute Gasteiger partial charge is 0.466 e. The average molecular weight is 555 g/mol. The van der Waals surface area contributed by atoms with Crippen LogP contribution in [-0.2, 0) is 9.53 Å². The van der Waals surface area contributed by atoms with Gasteiger partial charge in [0, 0.05) is 18.7 Å². The Morgan fingerprint density at radius 1 is 0.579 bits per heavy atom. The lowest BCUT2D eigenvalue weighted by atomic mass is 10.0. The van der Waals surface area contributed by atoms with Crippen LogP contribution in [0.3, 0.4) is 0 Å². The van der Waals surface area contributed by atoms with Crippen LogP contribution in [0.1, 0.15) is 174 Å². The number of rotatable bonds is 31. The van der Waals surface area contributed by atoms with E-state index in [0.717, 1.165) is 37.3 Å². The number of hydrogen-bond donors (Lipinski definition) is 2. The van der Waals surface area contributed by atoms with E-state index in [4.69, 9.17) is 10.1 Å². The fourth-order valence-corrected chi connectivity index (χ4v) is 5.61. The Morgan fingerprint density at radius 3 is 1.53 bits per heavy atom. The summed E-state index contributed by atoms with van der Waals surface area (Å²) < 4.78 is 5.39. The van der Waals surface area contributed by atoms with Crippen LogP contribution in [0.5, 0.6) is 0 Å². The van der Waals surface area contributed by atoms with E-state index in [1.807, 2.05) is 0 Å². The standard InChI is InChI=1S/C33H66N2O2S/c1-3-5-7-9-11-13-14-15-16-17-18-20-22-24-29-37-33(36)27-31-38-30-25-26-32(34)35-28-23-21-19-12-10-8-6-4-2/h3-31H2,1-2H3,(H2,34,35). The number of nitrogens with one attached hydrogen (secondary N) is 2. The molecule has 0 aliphatic heterocycles. The van der Waals surface area contributed by atoms with Crippen molar-refractivity contribution in [3.63, 3.8) is 0 Å². The van der Waals surface area contributed by atoms with Gasteiger partial charge < -0.3 is 10.1 Å². The molecule has 0 aromatic carbocycles. The van der Waals surface area contributed by atoms with Crippen molar-refractivity contribution in [3.8, 4) is 0 Å². The van der Waals surface area contributed by atoms with Crippen LogP contribution in [0.15, 0.2) is 0 Å². The highest BCUT2D eigenvalue weighted by molar-refractivity contribution is 7.99. The summed E-state index contributed by atoms with van der Waals surface area (Å²) in [5, 5.41) is 11.3. The Bertz CT molecular complexity index is 501. The second-order valence-corrected chi connectivity index (χ2v) is 12.4. The van der Waals surface area contributed by atoms with Crippen LogP contribution in [0, 0.1) is 5.41 Å². The van der Waals surface area contributed by atoms with Crippen molar-refractivity contribution in [2.24, 2.45) is 0 Å². The summed E-state index contributed by atoms with van der Waals surface area (Å²) in [6.45, 7) is 6.07.